The van der Waals surface area contributed by atoms with Crippen molar-refractivity contribution in [2.24, 2.45) is 5.92 Å². The minimum Gasteiger partial charge on any atom is -0.493 e. The molecule has 0 spiro atoms. The quantitative estimate of drug-likeness (QED) is 0.625. The van der Waals surface area contributed by atoms with E-state index in [4.69, 9.17) is 21.1 Å². The summed E-state index contributed by atoms with van der Waals surface area (Å²) < 4.78 is 11.7. The molecule has 1 atom stereocenters. The highest BCUT2D eigenvalue weighted by Gasteiger charge is 2.21. The summed E-state index contributed by atoms with van der Waals surface area (Å²) in [4.78, 5) is 0. The highest BCUT2D eigenvalue weighted by molar-refractivity contribution is 9.10. The first-order chi connectivity index (χ1) is 9.65. The Kier molecular flexibility index (Phi) is 6.03. The van der Waals surface area contributed by atoms with Crippen molar-refractivity contribution in [3.8, 4) is 11.5 Å². The van der Waals surface area contributed by atoms with E-state index in [0.29, 0.717) is 0 Å². The maximum absolute atomic E-state index is 6.64. The zero-order valence-electron chi connectivity index (χ0n) is 12.1. The molecule has 0 aliphatic heterocycles. The highest BCUT2D eigenvalue weighted by atomic mass is 79.9. The molecule has 0 aromatic heterocycles. The number of alkyl halides is 1. The van der Waals surface area contributed by atoms with Gasteiger partial charge in [-0.05, 0) is 30.0 Å². The molecule has 1 aromatic rings. The van der Waals surface area contributed by atoms with Crippen LogP contribution in [0.25, 0.3) is 0 Å². The lowest BCUT2D eigenvalue weighted by Crippen LogP contribution is -2.09. The van der Waals surface area contributed by atoms with Gasteiger partial charge in [0.05, 0.1) is 19.6 Å². The van der Waals surface area contributed by atoms with Gasteiger partial charge >= 0.3 is 0 Å². The van der Waals surface area contributed by atoms with Gasteiger partial charge in [0.25, 0.3) is 0 Å². The normalized spacial score (nSPS) is 17.8. The van der Waals surface area contributed by atoms with Crippen LogP contribution >= 0.6 is 27.5 Å². The van der Waals surface area contributed by atoms with Crippen molar-refractivity contribution in [2.75, 3.05) is 14.2 Å². The summed E-state index contributed by atoms with van der Waals surface area (Å²) in [6.07, 6.45) is 7.74. The first-order valence-electron chi connectivity index (χ1n) is 7.21. The van der Waals surface area contributed by atoms with Crippen LogP contribution in [0.2, 0.25) is 0 Å². The molecular weight excluding hydrogens is 340 g/mol. The van der Waals surface area contributed by atoms with Crippen LogP contribution in [0.3, 0.4) is 0 Å². The Morgan fingerprint density at radius 1 is 1.15 bits per heavy atom. The molecule has 2 rings (SSSR count). The van der Waals surface area contributed by atoms with Gasteiger partial charge in [-0.15, -0.1) is 11.6 Å². The molecule has 1 aliphatic rings. The fraction of sp³-hybridized carbons (Fsp3) is 0.625. The molecule has 1 fully saturated rings. The van der Waals surface area contributed by atoms with Crippen molar-refractivity contribution >= 4 is 27.5 Å². The zero-order chi connectivity index (χ0) is 14.5. The molecule has 1 unspecified atom stereocenters. The molecule has 0 bridgehead atoms. The molecule has 1 aromatic carbocycles. The van der Waals surface area contributed by atoms with E-state index < -0.39 is 0 Å². The van der Waals surface area contributed by atoms with Crippen molar-refractivity contribution in [2.45, 2.75) is 43.9 Å². The standard InChI is InChI=1S/C16H22BrClO2/c1-19-15-9-12(13(17)10-16(15)20-2)14(18)8-11-6-4-3-5-7-11/h9-11,14H,3-8H2,1-2H3. The molecule has 112 valence electrons. The number of methoxy groups -OCH3 is 2. The van der Waals surface area contributed by atoms with E-state index in [1.807, 2.05) is 12.1 Å². The van der Waals surface area contributed by atoms with E-state index in [2.05, 4.69) is 15.9 Å². The van der Waals surface area contributed by atoms with Gasteiger partial charge in [-0.1, -0.05) is 48.0 Å². The molecule has 4 heteroatoms. The maximum Gasteiger partial charge on any atom is 0.161 e. The minimum absolute atomic E-state index is 0.0206. The number of ether oxygens (including phenoxy) is 2. The van der Waals surface area contributed by atoms with E-state index in [9.17, 15) is 0 Å². The second-order valence-electron chi connectivity index (χ2n) is 5.44. The van der Waals surface area contributed by atoms with Crippen LogP contribution in [-0.4, -0.2) is 14.2 Å². The van der Waals surface area contributed by atoms with Gasteiger partial charge < -0.3 is 9.47 Å². The summed E-state index contributed by atoms with van der Waals surface area (Å²) in [5.74, 6) is 2.22. The van der Waals surface area contributed by atoms with E-state index in [-0.39, 0.29) is 5.38 Å². The Bertz CT molecular complexity index is 444. The third kappa shape index (κ3) is 3.82. The van der Waals surface area contributed by atoms with Gasteiger partial charge in [0, 0.05) is 4.47 Å². The van der Waals surface area contributed by atoms with Gasteiger partial charge in [-0.2, -0.15) is 0 Å². The molecular formula is C16H22BrClO2. The predicted molar refractivity (Wildman–Crippen MR) is 87.0 cm³/mol. The summed E-state index contributed by atoms with van der Waals surface area (Å²) in [5.41, 5.74) is 1.09. The van der Waals surface area contributed by atoms with Crippen molar-refractivity contribution < 1.29 is 9.47 Å². The second kappa shape index (κ2) is 7.56. The Morgan fingerprint density at radius 3 is 2.35 bits per heavy atom. The second-order valence-corrected chi connectivity index (χ2v) is 6.82. The SMILES string of the molecule is COc1cc(Br)c(C(Cl)CC2CCCCC2)cc1OC. The lowest BCUT2D eigenvalue weighted by molar-refractivity contribution is 0.334. The molecule has 0 saturated heterocycles. The average molecular weight is 362 g/mol. The smallest absolute Gasteiger partial charge is 0.161 e. The van der Waals surface area contributed by atoms with Gasteiger partial charge in [0.15, 0.2) is 11.5 Å². The topological polar surface area (TPSA) is 18.5 Å². The van der Waals surface area contributed by atoms with Crippen LogP contribution in [-0.2, 0) is 0 Å². The summed E-state index contributed by atoms with van der Waals surface area (Å²) in [5, 5.41) is 0.0206. The molecule has 0 amide bonds. The predicted octanol–water partition coefficient (Wildman–Crippen LogP) is 5.72. The average Bonchev–Trinajstić information content (AvgIpc) is 2.47. The lowest BCUT2D eigenvalue weighted by Gasteiger charge is -2.24. The largest absolute Gasteiger partial charge is 0.493 e. The summed E-state index contributed by atoms with van der Waals surface area (Å²) in [6, 6.07) is 3.92. The van der Waals surface area contributed by atoms with Crippen molar-refractivity contribution in [1.29, 1.82) is 0 Å². The van der Waals surface area contributed by atoms with Crippen LogP contribution in [0, 0.1) is 5.92 Å². The molecule has 1 saturated carbocycles. The first kappa shape index (κ1) is 16.0. The van der Waals surface area contributed by atoms with Crippen LogP contribution in [0.1, 0.15) is 49.5 Å². The van der Waals surface area contributed by atoms with Crippen LogP contribution in [0.4, 0.5) is 0 Å². The minimum atomic E-state index is 0.0206. The fourth-order valence-corrected chi connectivity index (χ4v) is 4.12. The number of hydrogen-bond acceptors (Lipinski definition) is 2. The van der Waals surface area contributed by atoms with Crippen molar-refractivity contribution in [1.82, 2.24) is 0 Å². The van der Waals surface area contributed by atoms with Gasteiger partial charge in [0.2, 0.25) is 0 Å². The lowest BCUT2D eigenvalue weighted by atomic mass is 9.85. The van der Waals surface area contributed by atoms with E-state index >= 15 is 0 Å². The third-order valence-corrected chi connectivity index (χ3v) is 5.21. The number of hydrogen-bond donors (Lipinski definition) is 0. The Labute approximate surface area is 134 Å². The molecule has 0 N–H and O–H groups in total. The number of halogens is 2. The maximum atomic E-state index is 6.64. The highest BCUT2D eigenvalue weighted by Crippen LogP contribution is 2.42. The first-order valence-corrected chi connectivity index (χ1v) is 8.44. The van der Waals surface area contributed by atoms with Gasteiger partial charge in [0.1, 0.15) is 0 Å². The molecule has 2 nitrogen and oxygen atoms in total. The van der Waals surface area contributed by atoms with Crippen molar-refractivity contribution in [3.63, 3.8) is 0 Å². The zero-order valence-corrected chi connectivity index (χ0v) is 14.5. The van der Waals surface area contributed by atoms with Crippen molar-refractivity contribution in [3.05, 3.63) is 22.2 Å². The van der Waals surface area contributed by atoms with Gasteiger partial charge in [-0.25, -0.2) is 0 Å². The Hall–Kier alpha value is -0.410. The van der Waals surface area contributed by atoms with E-state index in [1.165, 1.54) is 32.1 Å². The Balaban J connectivity index is 2.13. The molecule has 0 radical (unpaired) electrons. The summed E-state index contributed by atoms with van der Waals surface area (Å²) >= 11 is 10.2. The van der Waals surface area contributed by atoms with Gasteiger partial charge in [-0.3, -0.25) is 0 Å². The third-order valence-electron chi connectivity index (χ3n) is 4.11. The number of rotatable bonds is 5. The van der Waals surface area contributed by atoms with E-state index in [0.717, 1.165) is 33.9 Å². The summed E-state index contributed by atoms with van der Waals surface area (Å²) in [7, 11) is 3.30. The van der Waals surface area contributed by atoms with Crippen LogP contribution in [0.5, 0.6) is 11.5 Å². The number of benzene rings is 1. The monoisotopic (exact) mass is 360 g/mol. The molecule has 1 aliphatic carbocycles. The Morgan fingerprint density at radius 2 is 1.75 bits per heavy atom. The van der Waals surface area contributed by atoms with Crippen LogP contribution in [0.15, 0.2) is 16.6 Å². The van der Waals surface area contributed by atoms with Crippen LogP contribution < -0.4 is 9.47 Å². The fourth-order valence-electron chi connectivity index (χ4n) is 2.95. The summed E-state index contributed by atoms with van der Waals surface area (Å²) in [6.45, 7) is 0. The molecule has 0 heterocycles. The van der Waals surface area contributed by atoms with E-state index in [1.54, 1.807) is 14.2 Å². The molecule has 20 heavy (non-hydrogen) atoms.